The van der Waals surface area contributed by atoms with Gasteiger partial charge in [-0.2, -0.15) is 0 Å². The van der Waals surface area contributed by atoms with Crippen molar-refractivity contribution in [3.05, 3.63) is 52.4 Å². The van der Waals surface area contributed by atoms with Crippen LogP contribution in [0.3, 0.4) is 0 Å². The van der Waals surface area contributed by atoms with E-state index < -0.39 is 17.8 Å². The predicted molar refractivity (Wildman–Crippen MR) is 119 cm³/mol. The fraction of sp³-hybridized carbons (Fsp3) is 0.375. The highest BCUT2D eigenvalue weighted by Gasteiger charge is 2.28. The van der Waals surface area contributed by atoms with Gasteiger partial charge in [-0.3, -0.25) is 9.69 Å². The Balaban J connectivity index is 1.56. The topological polar surface area (TPSA) is 120 Å². The zero-order chi connectivity index (χ0) is 23.8. The highest BCUT2D eigenvalue weighted by molar-refractivity contribution is 5.93. The lowest BCUT2D eigenvalue weighted by Gasteiger charge is -2.17. The molecule has 1 amide bonds. The first-order valence-electron chi connectivity index (χ1n) is 11.1. The lowest BCUT2D eigenvalue weighted by atomic mass is 10.1. The molecule has 0 unspecified atom stereocenters. The van der Waals surface area contributed by atoms with Crippen LogP contribution in [0, 0.1) is 24.6 Å². The van der Waals surface area contributed by atoms with E-state index in [4.69, 9.17) is 15.0 Å². The van der Waals surface area contributed by atoms with Gasteiger partial charge in [0, 0.05) is 18.7 Å². The molecule has 2 aliphatic heterocycles. The van der Waals surface area contributed by atoms with Crippen LogP contribution in [0.1, 0.15) is 52.1 Å². The Bertz CT molecular complexity index is 1310. The number of primary amides is 1. The average molecular weight is 465 g/mol. The second-order valence-corrected chi connectivity index (χ2v) is 8.44. The maximum Gasteiger partial charge on any atom is 0.269 e. The largest absolute Gasteiger partial charge is 0.491 e. The fourth-order valence-electron chi connectivity index (χ4n) is 4.37. The Labute approximate surface area is 195 Å². The molecule has 2 aromatic heterocycles. The Morgan fingerprint density at radius 2 is 2.09 bits per heavy atom. The van der Waals surface area contributed by atoms with Crippen LogP contribution in [0.25, 0.3) is 11.4 Å². The summed E-state index contributed by atoms with van der Waals surface area (Å²) in [5.74, 6) is 5.39. The lowest BCUT2D eigenvalue weighted by molar-refractivity contribution is 0.0993. The molecule has 176 valence electrons. The minimum atomic E-state index is -1.23. The third kappa shape index (κ3) is 4.16. The van der Waals surface area contributed by atoms with Crippen molar-refractivity contribution >= 4 is 5.91 Å². The Morgan fingerprint density at radius 1 is 1.29 bits per heavy atom. The molecule has 0 spiro atoms. The van der Waals surface area contributed by atoms with Crippen LogP contribution in [-0.4, -0.2) is 50.3 Å². The minimum Gasteiger partial charge on any atom is -0.491 e. The van der Waals surface area contributed by atoms with E-state index in [0.29, 0.717) is 36.0 Å². The molecule has 10 heteroatoms. The third-order valence-electron chi connectivity index (χ3n) is 6.03. The van der Waals surface area contributed by atoms with Gasteiger partial charge in [-0.15, -0.1) is 0 Å². The molecule has 1 atom stereocenters. The molecule has 34 heavy (non-hydrogen) atoms. The highest BCUT2D eigenvalue weighted by Crippen LogP contribution is 2.36. The summed E-state index contributed by atoms with van der Waals surface area (Å²) >= 11 is 0. The summed E-state index contributed by atoms with van der Waals surface area (Å²) in [5.41, 5.74) is 7.41. The second-order valence-electron chi connectivity index (χ2n) is 8.44. The van der Waals surface area contributed by atoms with Crippen LogP contribution in [0.2, 0.25) is 0 Å². The van der Waals surface area contributed by atoms with Crippen molar-refractivity contribution in [3.63, 3.8) is 0 Å². The number of carbonyl (C=O) groups excluding carboxylic acids is 1. The number of nitrogens with two attached hydrogens (primary N) is 1. The summed E-state index contributed by atoms with van der Waals surface area (Å²) in [4.78, 5) is 19.0. The van der Waals surface area contributed by atoms with Crippen molar-refractivity contribution in [1.82, 2.24) is 19.6 Å². The van der Waals surface area contributed by atoms with Gasteiger partial charge in [0.1, 0.15) is 35.5 Å². The first-order valence-corrected chi connectivity index (χ1v) is 11.1. The normalized spacial score (nSPS) is 16.1. The molecule has 0 aliphatic carbocycles. The van der Waals surface area contributed by atoms with E-state index in [0.717, 1.165) is 31.6 Å². The number of amides is 1. The minimum absolute atomic E-state index is 0.0554. The molecule has 2 aliphatic rings. The molecule has 1 aromatic carbocycles. The molecular weight excluding hydrogens is 441 g/mol. The monoisotopic (exact) mass is 465 g/mol. The molecular formula is C24H24FN5O4. The summed E-state index contributed by atoms with van der Waals surface area (Å²) in [6.07, 6.45) is 0.988. The number of likely N-dealkylation sites (tertiary alicyclic amines) is 1. The molecule has 1 saturated heterocycles. The van der Waals surface area contributed by atoms with Crippen LogP contribution >= 0.6 is 0 Å². The molecule has 0 bridgehead atoms. The Hall–Kier alpha value is -3.68. The number of imidazole rings is 1. The third-order valence-corrected chi connectivity index (χ3v) is 6.03. The lowest BCUT2D eigenvalue weighted by Crippen LogP contribution is -2.24. The molecule has 3 N–H and O–H groups in total. The van der Waals surface area contributed by atoms with Crippen molar-refractivity contribution in [2.24, 2.45) is 5.73 Å². The van der Waals surface area contributed by atoms with Gasteiger partial charge in [-0.25, -0.2) is 9.37 Å². The van der Waals surface area contributed by atoms with Gasteiger partial charge in [0.2, 0.25) is 0 Å². The van der Waals surface area contributed by atoms with Gasteiger partial charge >= 0.3 is 0 Å². The molecule has 0 saturated carbocycles. The first kappa shape index (κ1) is 22.1. The number of hydrogen-bond acceptors (Lipinski definition) is 7. The van der Waals surface area contributed by atoms with Crippen molar-refractivity contribution in [1.29, 1.82) is 0 Å². The van der Waals surface area contributed by atoms with E-state index in [1.165, 1.54) is 12.1 Å². The predicted octanol–water partition coefficient (Wildman–Crippen LogP) is 2.16. The second kappa shape index (κ2) is 8.93. The Morgan fingerprint density at radius 3 is 2.79 bits per heavy atom. The van der Waals surface area contributed by atoms with E-state index in [-0.39, 0.29) is 23.6 Å². The van der Waals surface area contributed by atoms with E-state index in [2.05, 4.69) is 26.9 Å². The molecule has 4 heterocycles. The van der Waals surface area contributed by atoms with E-state index in [1.54, 1.807) is 13.0 Å². The van der Waals surface area contributed by atoms with Gasteiger partial charge in [0.25, 0.3) is 5.91 Å². The molecule has 0 radical (unpaired) electrons. The van der Waals surface area contributed by atoms with Crippen LogP contribution in [0.4, 0.5) is 4.39 Å². The van der Waals surface area contributed by atoms with Crippen molar-refractivity contribution < 1.29 is 23.6 Å². The number of ether oxygens (including phenoxy) is 1. The van der Waals surface area contributed by atoms with Crippen molar-refractivity contribution in [3.8, 4) is 29.0 Å². The number of fused-ring (bicyclic) bond motifs is 3. The van der Waals surface area contributed by atoms with Crippen LogP contribution in [-0.2, 0) is 13.1 Å². The van der Waals surface area contributed by atoms with E-state index in [1.807, 2.05) is 4.57 Å². The SMILES string of the molecule is Cc1cc([C@H](O)C#Cc2cc3c(cc2F)OCCn2c-3nc(C(N)=O)c2CN2CCCC2)no1. The molecule has 9 nitrogen and oxygen atoms in total. The summed E-state index contributed by atoms with van der Waals surface area (Å²) in [6, 6.07) is 4.33. The first-order chi connectivity index (χ1) is 16.4. The van der Waals surface area contributed by atoms with Gasteiger partial charge in [-0.1, -0.05) is 17.0 Å². The quantitative estimate of drug-likeness (QED) is 0.567. The number of aliphatic hydroxyl groups is 1. The van der Waals surface area contributed by atoms with E-state index in [9.17, 15) is 14.3 Å². The number of hydrogen-bond donors (Lipinski definition) is 2. The average Bonchev–Trinajstić information content (AvgIpc) is 3.52. The maximum atomic E-state index is 14.8. The standard InChI is InChI=1S/C24H24FN5O4/c1-14-10-18(28-34-14)20(31)5-4-15-11-16-21(12-17(15)25)33-9-8-30-19(13-29-6-2-3-7-29)22(23(26)32)27-24(16)30/h10-12,20,31H,2-3,6-9,13H2,1H3,(H2,26,32)/t20-/m1/s1. The number of aryl methyl sites for hydroxylation is 1. The molecule has 1 fully saturated rings. The molecule has 3 aromatic rings. The molecule has 5 rings (SSSR count). The van der Waals surface area contributed by atoms with Gasteiger partial charge in [-0.05, 0) is 38.9 Å². The van der Waals surface area contributed by atoms with Crippen molar-refractivity contribution in [2.75, 3.05) is 19.7 Å². The summed E-state index contributed by atoms with van der Waals surface area (Å²) in [6.45, 7) is 4.88. The number of halogens is 1. The van der Waals surface area contributed by atoms with Crippen LogP contribution < -0.4 is 10.5 Å². The number of benzene rings is 1. The van der Waals surface area contributed by atoms with E-state index >= 15 is 0 Å². The highest BCUT2D eigenvalue weighted by atomic mass is 19.1. The zero-order valence-corrected chi connectivity index (χ0v) is 18.7. The zero-order valence-electron chi connectivity index (χ0n) is 18.7. The van der Waals surface area contributed by atoms with Gasteiger partial charge in [0.05, 0.1) is 23.4 Å². The number of aromatic nitrogens is 3. The summed E-state index contributed by atoms with van der Waals surface area (Å²) in [5, 5.41) is 14.0. The maximum absolute atomic E-state index is 14.8. The fourth-order valence-corrected chi connectivity index (χ4v) is 4.37. The number of aliphatic hydroxyl groups excluding tert-OH is 1. The van der Waals surface area contributed by atoms with Gasteiger partial charge < -0.3 is 24.7 Å². The Kier molecular flexibility index (Phi) is 5.81. The van der Waals surface area contributed by atoms with Crippen LogP contribution in [0.15, 0.2) is 22.7 Å². The van der Waals surface area contributed by atoms with Gasteiger partial charge in [0.15, 0.2) is 11.8 Å². The number of carbonyl (C=O) groups is 1. The number of nitrogens with zero attached hydrogens (tertiary/aromatic N) is 4. The van der Waals surface area contributed by atoms with Crippen LogP contribution in [0.5, 0.6) is 5.75 Å². The summed E-state index contributed by atoms with van der Waals surface area (Å²) in [7, 11) is 0. The number of rotatable bonds is 4. The smallest absolute Gasteiger partial charge is 0.269 e. The summed E-state index contributed by atoms with van der Waals surface area (Å²) < 4.78 is 27.5. The van der Waals surface area contributed by atoms with Crippen molar-refractivity contribution in [2.45, 2.75) is 39.0 Å².